The largest absolute Gasteiger partial charge is 0.299 e. The second-order valence-corrected chi connectivity index (χ2v) is 9.47. The second kappa shape index (κ2) is 8.30. The van der Waals surface area contributed by atoms with Crippen LogP contribution in [0.25, 0.3) is 0 Å². The summed E-state index contributed by atoms with van der Waals surface area (Å²) < 4.78 is 0. The number of likely N-dealkylation sites (tertiary alicyclic amines) is 2. The highest BCUT2D eigenvalue weighted by molar-refractivity contribution is 8.76. The van der Waals surface area contributed by atoms with E-state index in [1.54, 1.807) is 21.6 Å². The first-order chi connectivity index (χ1) is 12.7. The van der Waals surface area contributed by atoms with Crippen molar-refractivity contribution in [2.45, 2.75) is 47.8 Å². The van der Waals surface area contributed by atoms with Gasteiger partial charge in [-0.05, 0) is 97.7 Å². The molecule has 0 spiro atoms. The molecule has 2 fully saturated rings. The number of rotatable bonds is 5. The minimum Gasteiger partial charge on any atom is -0.299 e. The van der Waals surface area contributed by atoms with Gasteiger partial charge in [-0.2, -0.15) is 0 Å². The van der Waals surface area contributed by atoms with Crippen molar-refractivity contribution in [3.8, 4) is 0 Å². The molecule has 26 heavy (non-hydrogen) atoms. The molecule has 2 unspecified atom stereocenters. The van der Waals surface area contributed by atoms with Crippen LogP contribution in [0.3, 0.4) is 0 Å². The zero-order valence-corrected chi connectivity index (χ0v) is 17.1. The molecule has 4 rings (SSSR count). The van der Waals surface area contributed by atoms with Gasteiger partial charge >= 0.3 is 0 Å². The summed E-state index contributed by atoms with van der Waals surface area (Å²) in [5.74, 6) is 0. The standard InChI is InChI=1S/C20H26N4S2/c1-23-11-3-5-17(23)15-7-9-19(21-13-15)25-26-20-10-8-16(14-22-20)18-6-4-12-24(18)2/h7-10,13-14,17-18H,3-6,11-12H2,1-2H3. The minimum absolute atomic E-state index is 0.539. The molecular formula is C20H26N4S2. The van der Waals surface area contributed by atoms with Crippen molar-refractivity contribution in [3.63, 3.8) is 0 Å². The molecule has 6 heteroatoms. The summed E-state index contributed by atoms with van der Waals surface area (Å²) in [6, 6.07) is 9.82. The van der Waals surface area contributed by atoms with E-state index in [0.717, 1.165) is 10.1 Å². The molecule has 2 aromatic heterocycles. The maximum Gasteiger partial charge on any atom is 0.107 e. The van der Waals surface area contributed by atoms with E-state index in [9.17, 15) is 0 Å². The highest BCUT2D eigenvalue weighted by Crippen LogP contribution is 2.37. The summed E-state index contributed by atoms with van der Waals surface area (Å²) >= 11 is 0. The van der Waals surface area contributed by atoms with Gasteiger partial charge in [0.25, 0.3) is 0 Å². The number of hydrogen-bond acceptors (Lipinski definition) is 6. The lowest BCUT2D eigenvalue weighted by molar-refractivity contribution is 0.317. The maximum absolute atomic E-state index is 4.64. The van der Waals surface area contributed by atoms with E-state index in [1.807, 2.05) is 12.4 Å². The highest BCUT2D eigenvalue weighted by Gasteiger charge is 2.23. The van der Waals surface area contributed by atoms with Gasteiger partial charge < -0.3 is 0 Å². The normalized spacial score (nSPS) is 24.4. The molecule has 138 valence electrons. The van der Waals surface area contributed by atoms with Gasteiger partial charge in [0, 0.05) is 24.5 Å². The topological polar surface area (TPSA) is 32.3 Å². The molecule has 0 N–H and O–H groups in total. The van der Waals surface area contributed by atoms with Gasteiger partial charge in [-0.25, -0.2) is 9.97 Å². The van der Waals surface area contributed by atoms with Gasteiger partial charge in [-0.15, -0.1) is 0 Å². The van der Waals surface area contributed by atoms with Crippen LogP contribution < -0.4 is 0 Å². The van der Waals surface area contributed by atoms with Crippen LogP contribution in [0.5, 0.6) is 0 Å². The summed E-state index contributed by atoms with van der Waals surface area (Å²) in [5.41, 5.74) is 2.67. The van der Waals surface area contributed by atoms with E-state index in [4.69, 9.17) is 0 Å². The number of aromatic nitrogens is 2. The van der Waals surface area contributed by atoms with Crippen molar-refractivity contribution in [3.05, 3.63) is 47.8 Å². The van der Waals surface area contributed by atoms with Gasteiger partial charge in [-0.3, -0.25) is 9.80 Å². The van der Waals surface area contributed by atoms with Crippen molar-refractivity contribution in [1.29, 1.82) is 0 Å². The summed E-state index contributed by atoms with van der Waals surface area (Å²) in [7, 11) is 7.77. The molecule has 0 aliphatic carbocycles. The monoisotopic (exact) mass is 386 g/mol. The molecular weight excluding hydrogens is 360 g/mol. The number of pyridine rings is 2. The average molecular weight is 387 g/mol. The lowest BCUT2D eigenvalue weighted by Gasteiger charge is -2.19. The molecule has 0 amide bonds. The van der Waals surface area contributed by atoms with Crippen LogP contribution in [-0.4, -0.2) is 47.0 Å². The number of hydrogen-bond donors (Lipinski definition) is 0. The van der Waals surface area contributed by atoms with Crippen LogP contribution in [0.2, 0.25) is 0 Å². The quantitative estimate of drug-likeness (QED) is 0.686. The molecule has 0 bridgehead atoms. The smallest absolute Gasteiger partial charge is 0.107 e. The van der Waals surface area contributed by atoms with Crippen molar-refractivity contribution < 1.29 is 0 Å². The van der Waals surface area contributed by atoms with Crippen molar-refractivity contribution in [1.82, 2.24) is 19.8 Å². The highest BCUT2D eigenvalue weighted by atomic mass is 33.1. The van der Waals surface area contributed by atoms with Gasteiger partial charge in [0.05, 0.1) is 0 Å². The third-order valence-electron chi connectivity index (χ3n) is 5.54. The molecule has 2 aliphatic rings. The summed E-state index contributed by atoms with van der Waals surface area (Å²) in [5, 5.41) is 2.08. The van der Waals surface area contributed by atoms with E-state index < -0.39 is 0 Å². The Morgan fingerprint density at radius 1 is 0.769 bits per heavy atom. The van der Waals surface area contributed by atoms with Crippen molar-refractivity contribution in [2.24, 2.45) is 0 Å². The van der Waals surface area contributed by atoms with E-state index in [-0.39, 0.29) is 0 Å². The lowest BCUT2D eigenvalue weighted by atomic mass is 10.1. The Kier molecular flexibility index (Phi) is 5.84. The Morgan fingerprint density at radius 3 is 1.54 bits per heavy atom. The van der Waals surface area contributed by atoms with Crippen LogP contribution in [0.4, 0.5) is 0 Å². The first kappa shape index (κ1) is 18.3. The molecule has 2 atom stereocenters. The molecule has 4 nitrogen and oxygen atoms in total. The molecule has 0 radical (unpaired) electrons. The van der Waals surface area contributed by atoms with Crippen LogP contribution in [-0.2, 0) is 0 Å². The Balaban J connectivity index is 1.33. The van der Waals surface area contributed by atoms with Gasteiger partial charge in [0.15, 0.2) is 0 Å². The van der Waals surface area contributed by atoms with E-state index in [2.05, 4.69) is 58.1 Å². The molecule has 2 aliphatic heterocycles. The summed E-state index contributed by atoms with van der Waals surface area (Å²) in [4.78, 5) is 14.1. The van der Waals surface area contributed by atoms with E-state index in [1.165, 1.54) is 49.9 Å². The summed E-state index contributed by atoms with van der Waals surface area (Å²) in [6.07, 6.45) is 9.14. The second-order valence-electron chi connectivity index (χ2n) is 7.30. The fourth-order valence-electron chi connectivity index (χ4n) is 4.02. The zero-order valence-electron chi connectivity index (χ0n) is 15.5. The van der Waals surface area contributed by atoms with Gasteiger partial charge in [0.1, 0.15) is 10.1 Å². The van der Waals surface area contributed by atoms with Crippen LogP contribution in [0.1, 0.15) is 48.9 Å². The SMILES string of the molecule is CN1CCCC1c1ccc(SSc2ccc(C3CCCN3C)cn2)nc1. The third kappa shape index (κ3) is 4.09. The van der Waals surface area contributed by atoms with Gasteiger partial charge in [-0.1, -0.05) is 12.1 Å². The minimum atomic E-state index is 0.539. The first-order valence-corrected chi connectivity index (χ1v) is 11.5. The fourth-order valence-corrected chi connectivity index (χ4v) is 5.74. The Bertz CT molecular complexity index is 656. The third-order valence-corrected chi connectivity index (χ3v) is 7.72. The Morgan fingerprint density at radius 2 is 1.23 bits per heavy atom. The molecule has 0 saturated carbocycles. The van der Waals surface area contributed by atoms with Crippen LogP contribution in [0, 0.1) is 0 Å². The zero-order chi connectivity index (χ0) is 17.9. The van der Waals surface area contributed by atoms with E-state index >= 15 is 0 Å². The maximum atomic E-state index is 4.64. The van der Waals surface area contributed by atoms with Crippen molar-refractivity contribution in [2.75, 3.05) is 27.2 Å². The fraction of sp³-hybridized carbons (Fsp3) is 0.500. The average Bonchev–Trinajstić information content (AvgIpc) is 3.29. The molecule has 4 heterocycles. The predicted molar refractivity (Wildman–Crippen MR) is 109 cm³/mol. The molecule has 2 saturated heterocycles. The van der Waals surface area contributed by atoms with Crippen LogP contribution >= 0.6 is 21.6 Å². The molecule has 0 aromatic carbocycles. The van der Waals surface area contributed by atoms with Crippen LogP contribution in [0.15, 0.2) is 46.7 Å². The first-order valence-electron chi connectivity index (χ1n) is 9.37. The predicted octanol–water partition coefficient (Wildman–Crippen LogP) is 4.81. The van der Waals surface area contributed by atoms with E-state index in [0.29, 0.717) is 12.1 Å². The Labute approximate surface area is 164 Å². The number of nitrogens with zero attached hydrogens (tertiary/aromatic N) is 4. The Hall–Kier alpha value is -1.08. The van der Waals surface area contributed by atoms with Crippen molar-refractivity contribution >= 4 is 21.6 Å². The molecule has 2 aromatic rings. The van der Waals surface area contributed by atoms with Gasteiger partial charge in [0.2, 0.25) is 0 Å². The summed E-state index contributed by atoms with van der Waals surface area (Å²) in [6.45, 7) is 2.38. The lowest BCUT2D eigenvalue weighted by Crippen LogP contribution is -2.17.